The zero-order chi connectivity index (χ0) is 27.5. The monoisotopic (exact) mass is 617 g/mol. The fraction of sp³-hybridized carbons (Fsp3) is 0.348. The summed E-state index contributed by atoms with van der Waals surface area (Å²) in [5.74, 6) is -3.19. The largest absolute Gasteiger partial charge is 0.390 e. The van der Waals surface area contributed by atoms with Crippen molar-refractivity contribution in [2.75, 3.05) is 18.4 Å². The number of benzene rings is 2. The number of halogens is 8. The summed E-state index contributed by atoms with van der Waals surface area (Å²) in [5.41, 5.74) is 0.846. The maximum Gasteiger partial charge on any atom is 0.390 e. The van der Waals surface area contributed by atoms with Crippen LogP contribution in [0.25, 0.3) is 0 Å². The number of amides is 3. The topological polar surface area (TPSA) is 87.3 Å². The summed E-state index contributed by atoms with van der Waals surface area (Å²) in [5, 5.41) is 8.04. The van der Waals surface area contributed by atoms with E-state index in [2.05, 4.69) is 16.0 Å². The Bertz CT molecular complexity index is 1190. The predicted octanol–water partition coefficient (Wildman–Crippen LogP) is 6.36. The molecular weight excluding hydrogens is 601 g/mol. The molecule has 200 valence electrons. The van der Waals surface area contributed by atoms with Crippen molar-refractivity contribution in [3.05, 3.63) is 62.6 Å². The maximum absolute atomic E-state index is 12.9. The minimum absolute atomic E-state index is 0.00827. The first-order chi connectivity index (χ1) is 17.2. The average Bonchev–Trinajstić information content (AvgIpc) is 3.35. The van der Waals surface area contributed by atoms with Crippen molar-refractivity contribution in [1.29, 1.82) is 0 Å². The van der Waals surface area contributed by atoms with Crippen LogP contribution in [0, 0.1) is 5.92 Å². The van der Waals surface area contributed by atoms with Crippen molar-refractivity contribution in [1.82, 2.24) is 10.6 Å². The fourth-order valence-corrected chi connectivity index (χ4v) is 5.21. The molecule has 0 heterocycles. The molecule has 3 amide bonds. The third-order valence-electron chi connectivity index (χ3n) is 5.43. The molecule has 0 aromatic heterocycles. The Labute approximate surface area is 235 Å². The summed E-state index contributed by atoms with van der Waals surface area (Å²) < 4.78 is 35.0. The highest BCUT2D eigenvalue weighted by Gasteiger charge is 2.67. The number of anilines is 1. The third-order valence-corrected chi connectivity index (χ3v) is 7.13. The quantitative estimate of drug-likeness (QED) is 0.286. The standard InChI is InChI=1S/C23H19Cl5F3N3O3/c24-12-7-11(8-13(25)9-12)18-19(23(18,27)28)21(37)34-14-1-2-16(26)15(10-14)20(36)33-5-3-17(35)32-6-4-22(29,30)31/h1-2,7-10,18-19H,3-6H2,(H,32,35)(H,33,36)(H,34,37). The summed E-state index contributed by atoms with van der Waals surface area (Å²) in [6.45, 7) is -0.696. The van der Waals surface area contributed by atoms with E-state index >= 15 is 0 Å². The smallest absolute Gasteiger partial charge is 0.356 e. The van der Waals surface area contributed by atoms with Crippen LogP contribution in [0.4, 0.5) is 18.9 Å². The van der Waals surface area contributed by atoms with Crippen LogP contribution in [0.5, 0.6) is 0 Å². The van der Waals surface area contributed by atoms with Gasteiger partial charge in [0.2, 0.25) is 11.8 Å². The second kappa shape index (κ2) is 11.9. The van der Waals surface area contributed by atoms with Crippen molar-refractivity contribution in [3.63, 3.8) is 0 Å². The van der Waals surface area contributed by atoms with Crippen LogP contribution in [0.1, 0.15) is 34.7 Å². The molecule has 14 heteroatoms. The molecule has 1 fully saturated rings. The number of rotatable bonds is 9. The van der Waals surface area contributed by atoms with E-state index in [4.69, 9.17) is 58.0 Å². The molecule has 0 saturated heterocycles. The molecule has 37 heavy (non-hydrogen) atoms. The molecule has 2 unspecified atom stereocenters. The van der Waals surface area contributed by atoms with Crippen molar-refractivity contribution in [2.24, 2.45) is 5.92 Å². The average molecular weight is 620 g/mol. The molecular formula is C23H19Cl5F3N3O3. The van der Waals surface area contributed by atoms with Gasteiger partial charge >= 0.3 is 6.18 Å². The molecule has 2 atom stereocenters. The van der Waals surface area contributed by atoms with Gasteiger partial charge in [-0.05, 0) is 42.0 Å². The van der Waals surface area contributed by atoms with E-state index < -0.39 is 53.0 Å². The van der Waals surface area contributed by atoms with Crippen LogP contribution in [0.2, 0.25) is 15.1 Å². The van der Waals surface area contributed by atoms with Crippen LogP contribution in [-0.2, 0) is 9.59 Å². The minimum atomic E-state index is -4.38. The molecule has 3 rings (SSSR count). The molecule has 1 aliphatic carbocycles. The maximum atomic E-state index is 12.9. The lowest BCUT2D eigenvalue weighted by molar-refractivity contribution is -0.135. The lowest BCUT2D eigenvalue weighted by Crippen LogP contribution is -2.32. The molecule has 0 radical (unpaired) electrons. The Hall–Kier alpha value is -1.91. The molecule has 2 aromatic rings. The Morgan fingerprint density at radius 3 is 2.19 bits per heavy atom. The van der Waals surface area contributed by atoms with Crippen LogP contribution < -0.4 is 16.0 Å². The zero-order valence-corrected chi connectivity index (χ0v) is 22.5. The Kier molecular flexibility index (Phi) is 9.51. The van der Waals surface area contributed by atoms with Gasteiger partial charge in [-0.25, -0.2) is 0 Å². The van der Waals surface area contributed by atoms with Gasteiger partial charge in [0.15, 0.2) is 0 Å². The molecule has 0 spiro atoms. The van der Waals surface area contributed by atoms with Gasteiger partial charge in [-0.15, -0.1) is 23.2 Å². The number of alkyl halides is 5. The molecule has 2 aromatic carbocycles. The summed E-state index contributed by atoms with van der Waals surface area (Å²) in [6.07, 6.45) is -5.76. The van der Waals surface area contributed by atoms with E-state index in [0.717, 1.165) is 0 Å². The SMILES string of the molecule is O=C(CCNC(=O)c1cc(NC(=O)C2C(c3cc(Cl)cc(Cl)c3)C2(Cl)Cl)ccc1Cl)NCCC(F)(F)F. The molecule has 3 N–H and O–H groups in total. The molecule has 1 aliphatic rings. The van der Waals surface area contributed by atoms with Gasteiger partial charge in [0, 0.05) is 41.2 Å². The fourth-order valence-electron chi connectivity index (χ4n) is 3.64. The van der Waals surface area contributed by atoms with E-state index in [1.165, 1.54) is 24.3 Å². The lowest BCUT2D eigenvalue weighted by atomic mass is 10.1. The normalized spacial score (nSPS) is 18.2. The van der Waals surface area contributed by atoms with Crippen LogP contribution >= 0.6 is 58.0 Å². The number of hydrogen-bond donors (Lipinski definition) is 3. The third kappa shape index (κ3) is 8.04. The van der Waals surface area contributed by atoms with E-state index in [1.54, 1.807) is 12.1 Å². The van der Waals surface area contributed by atoms with Crippen molar-refractivity contribution < 1.29 is 27.6 Å². The van der Waals surface area contributed by atoms with Crippen LogP contribution in [0.3, 0.4) is 0 Å². The molecule has 0 bridgehead atoms. The second-order valence-corrected chi connectivity index (χ2v) is 11.0. The zero-order valence-electron chi connectivity index (χ0n) is 18.7. The highest BCUT2D eigenvalue weighted by atomic mass is 35.5. The van der Waals surface area contributed by atoms with Crippen molar-refractivity contribution in [2.45, 2.75) is 29.3 Å². The van der Waals surface area contributed by atoms with Crippen LogP contribution in [0.15, 0.2) is 36.4 Å². The highest BCUT2D eigenvalue weighted by Crippen LogP contribution is 2.65. The summed E-state index contributed by atoms with van der Waals surface area (Å²) in [4.78, 5) is 37.1. The van der Waals surface area contributed by atoms with Gasteiger partial charge in [0.05, 0.1) is 22.9 Å². The molecule has 0 aliphatic heterocycles. The van der Waals surface area contributed by atoms with Gasteiger partial charge in [-0.3, -0.25) is 14.4 Å². The number of nitrogens with one attached hydrogen (secondary N) is 3. The minimum Gasteiger partial charge on any atom is -0.356 e. The molecule has 6 nitrogen and oxygen atoms in total. The Morgan fingerprint density at radius 1 is 0.919 bits per heavy atom. The number of hydrogen-bond acceptors (Lipinski definition) is 3. The summed E-state index contributed by atoms with van der Waals surface area (Å²) in [7, 11) is 0. The van der Waals surface area contributed by atoms with E-state index in [9.17, 15) is 27.6 Å². The van der Waals surface area contributed by atoms with E-state index in [0.29, 0.717) is 15.6 Å². The first kappa shape index (κ1) is 29.6. The summed E-state index contributed by atoms with van der Waals surface area (Å²) in [6, 6.07) is 8.97. The lowest BCUT2D eigenvalue weighted by Gasteiger charge is -2.11. The first-order valence-corrected chi connectivity index (χ1v) is 12.6. The van der Waals surface area contributed by atoms with Gasteiger partial charge < -0.3 is 16.0 Å². The van der Waals surface area contributed by atoms with Crippen molar-refractivity contribution >= 4 is 81.4 Å². The van der Waals surface area contributed by atoms with Gasteiger partial charge in [-0.1, -0.05) is 34.8 Å². The Balaban J connectivity index is 1.58. The predicted molar refractivity (Wildman–Crippen MR) is 138 cm³/mol. The van der Waals surface area contributed by atoms with Crippen molar-refractivity contribution in [3.8, 4) is 0 Å². The Morgan fingerprint density at radius 2 is 1.57 bits per heavy atom. The van der Waals surface area contributed by atoms with E-state index in [-0.39, 0.29) is 29.2 Å². The van der Waals surface area contributed by atoms with Gasteiger partial charge in [0.25, 0.3) is 5.91 Å². The number of carbonyl (C=O) groups excluding carboxylic acids is 3. The summed E-state index contributed by atoms with van der Waals surface area (Å²) >= 11 is 30.9. The van der Waals surface area contributed by atoms with Gasteiger partial charge in [0.1, 0.15) is 4.33 Å². The van der Waals surface area contributed by atoms with Crippen LogP contribution in [-0.4, -0.2) is 41.3 Å². The number of carbonyl (C=O) groups is 3. The van der Waals surface area contributed by atoms with E-state index in [1.807, 2.05) is 0 Å². The highest BCUT2D eigenvalue weighted by molar-refractivity contribution is 6.53. The molecule has 1 saturated carbocycles. The first-order valence-electron chi connectivity index (χ1n) is 10.7. The second-order valence-electron chi connectivity index (χ2n) is 8.24. The van der Waals surface area contributed by atoms with Gasteiger partial charge in [-0.2, -0.15) is 13.2 Å².